The lowest BCUT2D eigenvalue weighted by atomic mass is 10.1. The summed E-state index contributed by atoms with van der Waals surface area (Å²) in [5.41, 5.74) is 1.57. The van der Waals surface area contributed by atoms with E-state index >= 15 is 0 Å². The fourth-order valence-electron chi connectivity index (χ4n) is 1.50. The first-order valence-electron chi connectivity index (χ1n) is 5.48. The van der Waals surface area contributed by atoms with Gasteiger partial charge in [0, 0.05) is 5.69 Å². The van der Waals surface area contributed by atoms with Crippen LogP contribution < -0.4 is 10.9 Å². The van der Waals surface area contributed by atoms with Gasteiger partial charge in [-0.1, -0.05) is 6.07 Å². The highest BCUT2D eigenvalue weighted by atomic mass is 16.5. The Bertz CT molecular complexity index is 666. The first kappa shape index (κ1) is 12.7. The maximum absolute atomic E-state index is 11.4. The lowest BCUT2D eigenvalue weighted by Gasteiger charge is -2.09. The summed E-state index contributed by atoms with van der Waals surface area (Å²) < 4.78 is 4.65. The SMILES string of the molecule is COC(=O)c1ccc(C)c(Nc2nncc(=O)[nH]2)c1. The molecule has 1 aromatic heterocycles. The lowest BCUT2D eigenvalue weighted by molar-refractivity contribution is 0.0601. The Labute approximate surface area is 108 Å². The summed E-state index contributed by atoms with van der Waals surface area (Å²) in [6, 6.07) is 5.04. The molecule has 19 heavy (non-hydrogen) atoms. The number of nitrogens with one attached hydrogen (secondary N) is 2. The van der Waals surface area contributed by atoms with E-state index in [4.69, 9.17) is 0 Å². The van der Waals surface area contributed by atoms with E-state index in [-0.39, 0.29) is 11.5 Å². The average Bonchev–Trinajstić information content (AvgIpc) is 2.40. The largest absolute Gasteiger partial charge is 0.465 e. The van der Waals surface area contributed by atoms with Gasteiger partial charge in [0.15, 0.2) is 0 Å². The van der Waals surface area contributed by atoms with Crippen LogP contribution in [-0.2, 0) is 4.74 Å². The Morgan fingerprint density at radius 1 is 1.42 bits per heavy atom. The van der Waals surface area contributed by atoms with Crippen molar-refractivity contribution in [3.8, 4) is 0 Å². The van der Waals surface area contributed by atoms with E-state index in [1.165, 1.54) is 7.11 Å². The summed E-state index contributed by atoms with van der Waals surface area (Å²) in [6.07, 6.45) is 1.07. The fourth-order valence-corrected chi connectivity index (χ4v) is 1.50. The molecule has 1 heterocycles. The van der Waals surface area contributed by atoms with Gasteiger partial charge < -0.3 is 10.1 Å². The molecule has 0 aliphatic rings. The number of hydrogen-bond acceptors (Lipinski definition) is 6. The van der Waals surface area contributed by atoms with Gasteiger partial charge in [-0.2, -0.15) is 0 Å². The fraction of sp³-hybridized carbons (Fsp3) is 0.167. The Hall–Kier alpha value is -2.70. The van der Waals surface area contributed by atoms with Crippen LogP contribution in [0.2, 0.25) is 0 Å². The summed E-state index contributed by atoms with van der Waals surface area (Å²) >= 11 is 0. The third-order valence-corrected chi connectivity index (χ3v) is 2.49. The highest BCUT2D eigenvalue weighted by Gasteiger charge is 2.08. The van der Waals surface area contributed by atoms with E-state index in [0.29, 0.717) is 11.3 Å². The highest BCUT2D eigenvalue weighted by molar-refractivity contribution is 5.91. The molecule has 0 amide bonds. The van der Waals surface area contributed by atoms with Crippen LogP contribution in [0.15, 0.2) is 29.2 Å². The van der Waals surface area contributed by atoms with Gasteiger partial charge in [-0.05, 0) is 24.6 Å². The number of H-pyrrole nitrogens is 1. The molecular weight excluding hydrogens is 248 g/mol. The predicted molar refractivity (Wildman–Crippen MR) is 68.5 cm³/mol. The standard InChI is InChI=1S/C12H12N4O3/c1-7-3-4-8(11(18)19-2)5-9(7)14-12-15-10(17)6-13-16-12/h3-6H,1-2H3,(H2,14,15,16,17). The molecule has 98 valence electrons. The number of esters is 1. The van der Waals surface area contributed by atoms with Crippen LogP contribution in [0.4, 0.5) is 11.6 Å². The maximum atomic E-state index is 11.4. The van der Waals surface area contributed by atoms with Crippen molar-refractivity contribution in [3.05, 3.63) is 45.9 Å². The van der Waals surface area contributed by atoms with Crippen molar-refractivity contribution in [2.24, 2.45) is 0 Å². The Balaban J connectivity index is 2.34. The summed E-state index contributed by atoms with van der Waals surface area (Å²) in [4.78, 5) is 25.1. The number of carbonyl (C=O) groups is 1. The van der Waals surface area contributed by atoms with Gasteiger partial charge in [-0.25, -0.2) is 4.79 Å². The molecule has 7 nitrogen and oxygen atoms in total. The summed E-state index contributed by atoms with van der Waals surface area (Å²) in [7, 11) is 1.31. The maximum Gasteiger partial charge on any atom is 0.337 e. The Morgan fingerprint density at radius 2 is 2.21 bits per heavy atom. The zero-order valence-electron chi connectivity index (χ0n) is 10.4. The minimum Gasteiger partial charge on any atom is -0.465 e. The van der Waals surface area contributed by atoms with Crippen molar-refractivity contribution in [2.45, 2.75) is 6.92 Å². The van der Waals surface area contributed by atoms with Crippen molar-refractivity contribution >= 4 is 17.6 Å². The number of anilines is 2. The van der Waals surface area contributed by atoms with E-state index in [2.05, 4.69) is 25.2 Å². The lowest BCUT2D eigenvalue weighted by Crippen LogP contribution is -2.11. The molecular formula is C12H12N4O3. The van der Waals surface area contributed by atoms with Crippen molar-refractivity contribution < 1.29 is 9.53 Å². The van der Waals surface area contributed by atoms with Crippen LogP contribution in [0.1, 0.15) is 15.9 Å². The van der Waals surface area contributed by atoms with Crippen LogP contribution in [-0.4, -0.2) is 28.3 Å². The molecule has 0 aliphatic carbocycles. The van der Waals surface area contributed by atoms with E-state index < -0.39 is 5.97 Å². The number of aryl methyl sites for hydroxylation is 1. The highest BCUT2D eigenvalue weighted by Crippen LogP contribution is 2.19. The number of nitrogens with zero attached hydrogens (tertiary/aromatic N) is 2. The van der Waals surface area contributed by atoms with Crippen LogP contribution in [0, 0.1) is 6.92 Å². The molecule has 7 heteroatoms. The zero-order valence-corrected chi connectivity index (χ0v) is 10.4. The monoisotopic (exact) mass is 260 g/mol. The van der Waals surface area contributed by atoms with Gasteiger partial charge >= 0.3 is 5.97 Å². The van der Waals surface area contributed by atoms with Gasteiger partial charge in [-0.3, -0.25) is 9.78 Å². The van der Waals surface area contributed by atoms with E-state index in [1.54, 1.807) is 18.2 Å². The number of carbonyl (C=O) groups excluding carboxylic acids is 1. The minimum atomic E-state index is -0.435. The molecule has 0 spiro atoms. The molecule has 0 aliphatic heterocycles. The molecule has 1 aromatic carbocycles. The van der Waals surface area contributed by atoms with Gasteiger partial charge in [0.1, 0.15) is 6.20 Å². The van der Waals surface area contributed by atoms with E-state index in [1.807, 2.05) is 6.92 Å². The number of aromatic amines is 1. The Morgan fingerprint density at radius 3 is 2.89 bits per heavy atom. The first-order valence-corrected chi connectivity index (χ1v) is 5.48. The molecule has 0 saturated heterocycles. The molecule has 2 N–H and O–H groups in total. The number of ether oxygens (including phenoxy) is 1. The van der Waals surface area contributed by atoms with E-state index in [9.17, 15) is 9.59 Å². The smallest absolute Gasteiger partial charge is 0.337 e. The molecule has 0 saturated carbocycles. The third-order valence-electron chi connectivity index (χ3n) is 2.49. The Kier molecular flexibility index (Phi) is 3.56. The quantitative estimate of drug-likeness (QED) is 0.799. The number of benzene rings is 1. The van der Waals surface area contributed by atoms with Crippen molar-refractivity contribution in [1.82, 2.24) is 15.2 Å². The molecule has 0 atom stereocenters. The molecule has 0 radical (unpaired) electrons. The number of aromatic nitrogens is 3. The van der Waals surface area contributed by atoms with Gasteiger partial charge in [0.2, 0.25) is 5.95 Å². The van der Waals surface area contributed by atoms with Crippen molar-refractivity contribution in [2.75, 3.05) is 12.4 Å². The normalized spacial score (nSPS) is 10.0. The second-order valence-electron chi connectivity index (χ2n) is 3.83. The van der Waals surface area contributed by atoms with Crippen molar-refractivity contribution in [1.29, 1.82) is 0 Å². The van der Waals surface area contributed by atoms with Gasteiger partial charge in [-0.15, -0.1) is 10.2 Å². The number of hydrogen-bond donors (Lipinski definition) is 2. The second-order valence-corrected chi connectivity index (χ2v) is 3.83. The number of rotatable bonds is 3. The minimum absolute atomic E-state index is 0.206. The molecule has 0 fully saturated rings. The number of methoxy groups -OCH3 is 1. The van der Waals surface area contributed by atoms with Crippen molar-refractivity contribution in [3.63, 3.8) is 0 Å². The topological polar surface area (TPSA) is 97.0 Å². The molecule has 2 rings (SSSR count). The van der Waals surface area contributed by atoms with Crippen LogP contribution >= 0.6 is 0 Å². The van der Waals surface area contributed by atoms with E-state index in [0.717, 1.165) is 11.8 Å². The van der Waals surface area contributed by atoms with Gasteiger partial charge in [0.25, 0.3) is 5.56 Å². The van der Waals surface area contributed by atoms with Crippen LogP contribution in [0.5, 0.6) is 0 Å². The second kappa shape index (κ2) is 5.30. The van der Waals surface area contributed by atoms with Crippen LogP contribution in [0.25, 0.3) is 0 Å². The summed E-state index contributed by atoms with van der Waals surface area (Å²) in [5.74, 6) is -0.228. The van der Waals surface area contributed by atoms with Gasteiger partial charge in [0.05, 0.1) is 12.7 Å². The predicted octanol–water partition coefficient (Wildman–Crippen LogP) is 1.00. The summed E-state index contributed by atoms with van der Waals surface area (Å²) in [5, 5.41) is 10.2. The molecule has 2 aromatic rings. The molecule has 0 bridgehead atoms. The first-order chi connectivity index (χ1) is 9.10. The van der Waals surface area contributed by atoms with Crippen LogP contribution in [0.3, 0.4) is 0 Å². The third kappa shape index (κ3) is 2.95. The average molecular weight is 260 g/mol. The molecule has 0 unspecified atom stereocenters. The zero-order chi connectivity index (χ0) is 13.8. The summed E-state index contributed by atoms with van der Waals surface area (Å²) in [6.45, 7) is 1.86.